The number of rotatable bonds is 17. The van der Waals surface area contributed by atoms with Crippen LogP contribution in [-0.2, 0) is 47.5 Å². The first-order chi connectivity index (χ1) is 28.5. The standard InChI is InChI=1S/C42H36F4N4O7S3/c43-29-12-18-34(36(45)23-29)39-40(35-19-13-30(44)24-37(35)46)42(53)50(41(39)52)20-4-7-38(51)48-60(56,57)33-16-10-28(11-17-33)26-49(21-22-58-31-5-2-1-3-6-31)25-27-8-14-32(15-9-27)59(47,54)55/h1-3,5-6,8-19,23-24H,4,7,20-22,25-26H2,(H,48,51)(H2,47,54,55). The van der Waals surface area contributed by atoms with Crippen molar-refractivity contribution in [3.05, 3.63) is 161 Å². The van der Waals surface area contributed by atoms with Gasteiger partial charge in [0.15, 0.2) is 0 Å². The van der Waals surface area contributed by atoms with Crippen molar-refractivity contribution in [1.29, 1.82) is 0 Å². The molecule has 0 unspecified atom stereocenters. The minimum atomic E-state index is -4.37. The summed E-state index contributed by atoms with van der Waals surface area (Å²) in [6.45, 7) is 0.990. The van der Waals surface area contributed by atoms with Gasteiger partial charge in [-0.25, -0.2) is 44.3 Å². The van der Waals surface area contributed by atoms with E-state index in [-0.39, 0.29) is 16.2 Å². The third kappa shape index (κ3) is 10.7. The smallest absolute Gasteiger partial charge is 0.264 e. The molecule has 0 atom stereocenters. The molecule has 0 bridgehead atoms. The first-order valence-electron chi connectivity index (χ1n) is 18.2. The summed E-state index contributed by atoms with van der Waals surface area (Å²) in [5.41, 5.74) is -0.610. The first-order valence-corrected chi connectivity index (χ1v) is 22.2. The molecule has 1 aliphatic heterocycles. The van der Waals surface area contributed by atoms with E-state index in [1.807, 2.05) is 35.1 Å². The van der Waals surface area contributed by atoms with Gasteiger partial charge in [-0.3, -0.25) is 24.2 Å². The Hall–Kier alpha value is -5.66. The van der Waals surface area contributed by atoms with Gasteiger partial charge >= 0.3 is 0 Å². The fourth-order valence-corrected chi connectivity index (χ4v) is 8.88. The van der Waals surface area contributed by atoms with Gasteiger partial charge in [-0.05, 0) is 78.2 Å². The molecule has 0 spiro atoms. The number of hydrogen-bond acceptors (Lipinski definition) is 9. The number of benzene rings is 5. The predicted octanol–water partition coefficient (Wildman–Crippen LogP) is 6.25. The molecular formula is C42H36F4N4O7S3. The summed E-state index contributed by atoms with van der Waals surface area (Å²) in [6, 6.07) is 26.3. The topological polar surface area (TPSA) is 164 Å². The summed E-state index contributed by atoms with van der Waals surface area (Å²) < 4.78 is 109. The Labute approximate surface area is 348 Å². The minimum Gasteiger partial charge on any atom is -0.294 e. The Bertz CT molecular complexity index is 2610. The number of hydrogen-bond donors (Lipinski definition) is 2. The van der Waals surface area contributed by atoms with Crippen LogP contribution >= 0.6 is 11.8 Å². The second-order valence-corrected chi connectivity index (χ2v) is 18.0. The van der Waals surface area contributed by atoms with Gasteiger partial charge in [-0.15, -0.1) is 11.8 Å². The number of nitrogens with one attached hydrogen (secondary N) is 1. The predicted molar refractivity (Wildman–Crippen MR) is 216 cm³/mol. The largest absolute Gasteiger partial charge is 0.294 e. The molecule has 6 rings (SSSR count). The Morgan fingerprint density at radius 2 is 1.18 bits per heavy atom. The highest BCUT2D eigenvalue weighted by molar-refractivity contribution is 7.99. The zero-order valence-corrected chi connectivity index (χ0v) is 33.9. The SMILES string of the molecule is NS(=O)(=O)c1ccc(CN(CCSc2ccccc2)Cc2ccc(S(=O)(=O)NC(=O)CCCN3C(=O)C(c4ccc(F)cc4F)=C(c4ccc(F)cc4F)C3=O)cc2)cc1. The lowest BCUT2D eigenvalue weighted by atomic mass is 9.95. The fraction of sp³-hybridized carbons (Fsp3) is 0.167. The Morgan fingerprint density at radius 3 is 1.67 bits per heavy atom. The van der Waals surface area contributed by atoms with Crippen LogP contribution in [0.2, 0.25) is 0 Å². The third-order valence-corrected chi connectivity index (χ3v) is 12.6. The number of halogens is 4. The molecule has 0 fully saturated rings. The van der Waals surface area contributed by atoms with Crippen LogP contribution in [0, 0.1) is 23.3 Å². The first kappa shape index (κ1) is 43.9. The van der Waals surface area contributed by atoms with Crippen LogP contribution < -0.4 is 9.86 Å². The van der Waals surface area contributed by atoms with Crippen molar-refractivity contribution in [2.45, 2.75) is 40.6 Å². The Balaban J connectivity index is 1.09. The molecule has 18 heteroatoms. The maximum absolute atomic E-state index is 14.9. The van der Waals surface area contributed by atoms with Gasteiger partial charge in [0.2, 0.25) is 15.9 Å². The van der Waals surface area contributed by atoms with E-state index < -0.39 is 96.3 Å². The van der Waals surface area contributed by atoms with Crippen LogP contribution in [0.25, 0.3) is 11.1 Å². The number of imide groups is 1. The van der Waals surface area contributed by atoms with Crippen molar-refractivity contribution in [2.24, 2.45) is 5.14 Å². The average Bonchev–Trinajstić information content (AvgIpc) is 3.43. The van der Waals surface area contributed by atoms with Crippen LogP contribution in [0.4, 0.5) is 17.6 Å². The lowest BCUT2D eigenvalue weighted by molar-refractivity contribution is -0.136. The molecule has 5 aromatic rings. The van der Waals surface area contributed by atoms with Gasteiger partial charge in [0.1, 0.15) is 23.3 Å². The van der Waals surface area contributed by atoms with Crippen molar-refractivity contribution in [3.63, 3.8) is 0 Å². The molecule has 1 heterocycles. The zero-order chi connectivity index (χ0) is 43.2. The lowest BCUT2D eigenvalue weighted by Gasteiger charge is -2.23. The number of carbonyl (C=O) groups excluding carboxylic acids is 3. The van der Waals surface area contributed by atoms with Crippen molar-refractivity contribution < 1.29 is 48.8 Å². The van der Waals surface area contributed by atoms with Crippen LogP contribution in [0.15, 0.2) is 130 Å². The molecule has 11 nitrogen and oxygen atoms in total. The van der Waals surface area contributed by atoms with E-state index in [4.69, 9.17) is 5.14 Å². The van der Waals surface area contributed by atoms with Gasteiger partial charge < -0.3 is 0 Å². The molecule has 5 aromatic carbocycles. The van der Waals surface area contributed by atoms with Crippen molar-refractivity contribution in [2.75, 3.05) is 18.8 Å². The van der Waals surface area contributed by atoms with E-state index in [1.165, 1.54) is 24.3 Å². The second-order valence-electron chi connectivity index (χ2n) is 13.6. The molecule has 1 aliphatic rings. The molecule has 0 saturated heterocycles. The number of thioether (sulfide) groups is 1. The quantitative estimate of drug-likeness (QED) is 0.0625. The van der Waals surface area contributed by atoms with E-state index >= 15 is 0 Å². The average molecular weight is 881 g/mol. The number of nitrogens with zero attached hydrogens (tertiary/aromatic N) is 2. The van der Waals surface area contributed by atoms with Crippen molar-refractivity contribution >= 4 is 60.7 Å². The normalized spacial score (nSPS) is 13.4. The van der Waals surface area contributed by atoms with Gasteiger partial charge in [-0.1, -0.05) is 42.5 Å². The molecule has 0 aliphatic carbocycles. The summed E-state index contributed by atoms with van der Waals surface area (Å²) in [4.78, 5) is 43.5. The highest BCUT2D eigenvalue weighted by atomic mass is 32.2. The summed E-state index contributed by atoms with van der Waals surface area (Å²) in [7, 11) is -8.23. The van der Waals surface area contributed by atoms with E-state index in [0.29, 0.717) is 36.7 Å². The van der Waals surface area contributed by atoms with Crippen molar-refractivity contribution in [1.82, 2.24) is 14.5 Å². The van der Waals surface area contributed by atoms with Crippen LogP contribution in [-0.4, -0.2) is 63.2 Å². The fourth-order valence-electron chi connectivity index (χ4n) is 6.42. The van der Waals surface area contributed by atoms with E-state index in [0.717, 1.165) is 46.0 Å². The highest BCUT2D eigenvalue weighted by Gasteiger charge is 2.41. The molecule has 3 amide bonds. The molecule has 3 N–H and O–H groups in total. The number of sulfonamides is 2. The lowest BCUT2D eigenvalue weighted by Crippen LogP contribution is -2.34. The molecule has 0 aromatic heterocycles. The van der Waals surface area contributed by atoms with Crippen LogP contribution in [0.5, 0.6) is 0 Å². The molecule has 312 valence electrons. The van der Waals surface area contributed by atoms with Gasteiger partial charge in [0, 0.05) is 66.5 Å². The molecule has 0 radical (unpaired) electrons. The molecule has 0 saturated carbocycles. The maximum atomic E-state index is 14.9. The number of amides is 3. The Morgan fingerprint density at radius 1 is 0.683 bits per heavy atom. The minimum absolute atomic E-state index is 0.0136. The van der Waals surface area contributed by atoms with Crippen LogP contribution in [0.1, 0.15) is 35.1 Å². The van der Waals surface area contributed by atoms with Gasteiger partial charge in [-0.2, -0.15) is 0 Å². The van der Waals surface area contributed by atoms with E-state index in [2.05, 4.69) is 4.90 Å². The van der Waals surface area contributed by atoms with Crippen molar-refractivity contribution in [3.8, 4) is 0 Å². The van der Waals surface area contributed by atoms with Gasteiger partial charge in [0.25, 0.3) is 21.8 Å². The maximum Gasteiger partial charge on any atom is 0.264 e. The number of primary sulfonamides is 1. The molecule has 60 heavy (non-hydrogen) atoms. The van der Waals surface area contributed by atoms with E-state index in [1.54, 1.807) is 36.0 Å². The summed E-state index contributed by atoms with van der Waals surface area (Å²) in [5, 5.41) is 5.24. The highest BCUT2D eigenvalue weighted by Crippen LogP contribution is 2.38. The number of nitrogens with two attached hydrogens (primary N) is 1. The molecular weight excluding hydrogens is 845 g/mol. The van der Waals surface area contributed by atoms with Gasteiger partial charge in [0.05, 0.1) is 20.9 Å². The summed E-state index contributed by atoms with van der Waals surface area (Å²) in [6.07, 6.45) is -0.734. The van der Waals surface area contributed by atoms with Crippen LogP contribution in [0.3, 0.4) is 0 Å². The number of carbonyl (C=O) groups is 3. The monoisotopic (exact) mass is 880 g/mol. The third-order valence-electron chi connectivity index (χ3n) is 9.32. The Kier molecular flexibility index (Phi) is 13.7. The zero-order valence-electron chi connectivity index (χ0n) is 31.5. The summed E-state index contributed by atoms with van der Waals surface area (Å²) in [5.74, 6) is -6.77. The second kappa shape index (κ2) is 18.7. The van der Waals surface area contributed by atoms with E-state index in [9.17, 15) is 48.8 Å². The summed E-state index contributed by atoms with van der Waals surface area (Å²) >= 11 is 1.65.